The maximum absolute atomic E-state index is 11.3. The molecule has 0 bridgehead atoms. The Morgan fingerprint density at radius 1 is 1.08 bits per heavy atom. The summed E-state index contributed by atoms with van der Waals surface area (Å²) < 4.78 is 32.8. The minimum Gasteiger partial charge on any atom is -0.497 e. The van der Waals surface area contributed by atoms with E-state index in [1.54, 1.807) is 25.3 Å². The summed E-state index contributed by atoms with van der Waals surface area (Å²) in [5, 5.41) is 1.01. The quantitative estimate of drug-likeness (QED) is 0.663. The van der Waals surface area contributed by atoms with Crippen molar-refractivity contribution >= 4 is 33.3 Å². The predicted octanol–water partition coefficient (Wildman–Crippen LogP) is 4.30. The van der Waals surface area contributed by atoms with Crippen molar-refractivity contribution in [3.05, 3.63) is 63.6 Å². The molecule has 24 heavy (non-hydrogen) atoms. The fraction of sp³-hybridized carbons (Fsp3) is 0.294. The minimum atomic E-state index is -3.54. The molecule has 0 aromatic heterocycles. The highest BCUT2D eigenvalue weighted by Gasteiger charge is 2.19. The maximum Gasteiger partial charge on any atom is 0.264 e. The highest BCUT2D eigenvalue weighted by molar-refractivity contribution is 7.85. The van der Waals surface area contributed by atoms with Crippen LogP contribution >= 0.6 is 23.2 Å². The Bertz CT molecular complexity index is 789. The van der Waals surface area contributed by atoms with Gasteiger partial charge in [0.1, 0.15) is 5.75 Å². The van der Waals surface area contributed by atoms with Crippen molar-refractivity contribution < 1.29 is 17.3 Å². The van der Waals surface area contributed by atoms with Crippen molar-refractivity contribution in [3.8, 4) is 5.75 Å². The number of hydrogen-bond acceptors (Lipinski definition) is 4. The van der Waals surface area contributed by atoms with E-state index in [1.807, 2.05) is 24.3 Å². The van der Waals surface area contributed by atoms with Crippen molar-refractivity contribution in [1.29, 1.82) is 0 Å². The van der Waals surface area contributed by atoms with Gasteiger partial charge in [-0.3, -0.25) is 4.18 Å². The van der Waals surface area contributed by atoms with Gasteiger partial charge in [0, 0.05) is 16.0 Å². The summed E-state index contributed by atoms with van der Waals surface area (Å²) in [5.74, 6) is 0.532. The minimum absolute atomic E-state index is 0.00617. The summed E-state index contributed by atoms with van der Waals surface area (Å²) in [6.07, 6.45) is 1.60. The van der Waals surface area contributed by atoms with Gasteiger partial charge in [-0.2, -0.15) is 8.42 Å². The van der Waals surface area contributed by atoms with Gasteiger partial charge in [-0.1, -0.05) is 41.4 Å². The van der Waals surface area contributed by atoms with Gasteiger partial charge in [0.25, 0.3) is 10.1 Å². The number of benzene rings is 2. The molecule has 0 radical (unpaired) electrons. The third-order valence-corrected chi connectivity index (χ3v) is 4.65. The normalized spacial score (nSPS) is 12.8. The Morgan fingerprint density at radius 3 is 2.29 bits per heavy atom. The van der Waals surface area contributed by atoms with Crippen LogP contribution in [0.25, 0.3) is 0 Å². The molecule has 0 aliphatic heterocycles. The second-order valence-electron chi connectivity index (χ2n) is 5.40. The molecule has 2 aromatic rings. The summed E-state index contributed by atoms with van der Waals surface area (Å²) in [4.78, 5) is 0. The van der Waals surface area contributed by atoms with Gasteiger partial charge >= 0.3 is 0 Å². The van der Waals surface area contributed by atoms with Crippen molar-refractivity contribution in [2.75, 3.05) is 20.0 Å². The molecule has 2 rings (SSSR count). The van der Waals surface area contributed by atoms with Gasteiger partial charge in [0.15, 0.2) is 0 Å². The van der Waals surface area contributed by atoms with E-state index in [4.69, 9.17) is 32.1 Å². The molecular formula is C17H18Cl2O4S. The van der Waals surface area contributed by atoms with E-state index in [0.29, 0.717) is 16.5 Å². The Balaban J connectivity index is 2.27. The van der Waals surface area contributed by atoms with E-state index in [1.165, 1.54) is 0 Å². The monoisotopic (exact) mass is 388 g/mol. The maximum atomic E-state index is 11.3. The highest BCUT2D eigenvalue weighted by Crippen LogP contribution is 2.31. The summed E-state index contributed by atoms with van der Waals surface area (Å²) in [5.41, 5.74) is 1.81. The van der Waals surface area contributed by atoms with Crippen LogP contribution in [0.2, 0.25) is 10.0 Å². The van der Waals surface area contributed by atoms with Crippen molar-refractivity contribution in [2.24, 2.45) is 0 Å². The molecule has 0 unspecified atom stereocenters. The molecule has 1 atom stereocenters. The smallest absolute Gasteiger partial charge is 0.264 e. The largest absolute Gasteiger partial charge is 0.497 e. The molecule has 0 aliphatic carbocycles. The molecular weight excluding hydrogens is 371 g/mol. The first-order chi connectivity index (χ1) is 11.3. The van der Waals surface area contributed by atoms with E-state index in [0.717, 1.165) is 23.1 Å². The number of rotatable bonds is 7. The number of hydrogen-bond donors (Lipinski definition) is 0. The third kappa shape index (κ3) is 5.67. The summed E-state index contributed by atoms with van der Waals surface area (Å²) in [6, 6.07) is 12.7. The number of ether oxygens (including phenoxy) is 1. The van der Waals surface area contributed by atoms with E-state index >= 15 is 0 Å². The van der Waals surface area contributed by atoms with Crippen molar-refractivity contribution in [2.45, 2.75) is 12.3 Å². The lowest BCUT2D eigenvalue weighted by Crippen LogP contribution is -2.15. The molecule has 130 valence electrons. The molecule has 0 amide bonds. The van der Waals surface area contributed by atoms with Gasteiger partial charge in [-0.15, -0.1) is 0 Å². The van der Waals surface area contributed by atoms with Crippen LogP contribution in [0.15, 0.2) is 42.5 Å². The zero-order valence-electron chi connectivity index (χ0n) is 13.3. The second kappa shape index (κ2) is 8.21. The predicted molar refractivity (Wildman–Crippen MR) is 96.7 cm³/mol. The fourth-order valence-corrected chi connectivity index (χ4v) is 3.32. The zero-order valence-corrected chi connectivity index (χ0v) is 15.7. The topological polar surface area (TPSA) is 52.6 Å². The molecule has 0 spiro atoms. The van der Waals surface area contributed by atoms with E-state index < -0.39 is 10.1 Å². The van der Waals surface area contributed by atoms with Crippen LogP contribution in [0.4, 0.5) is 0 Å². The van der Waals surface area contributed by atoms with Crippen LogP contribution < -0.4 is 4.74 Å². The lowest BCUT2D eigenvalue weighted by atomic mass is 9.92. The van der Waals surface area contributed by atoms with Crippen molar-refractivity contribution in [1.82, 2.24) is 0 Å². The molecule has 7 heteroatoms. The molecule has 0 saturated carbocycles. The summed E-state index contributed by atoms with van der Waals surface area (Å²) in [6.45, 7) is 0.00617. The first-order valence-electron chi connectivity index (χ1n) is 7.21. The molecule has 0 fully saturated rings. The Kier molecular flexibility index (Phi) is 6.52. The SMILES string of the molecule is COc1ccc(C[C@H](COS(C)(=O)=O)c2ccc(Cl)cc2Cl)cc1. The van der Waals surface area contributed by atoms with Gasteiger partial charge in [0.05, 0.1) is 20.0 Å². The zero-order chi connectivity index (χ0) is 17.7. The van der Waals surface area contributed by atoms with Gasteiger partial charge < -0.3 is 4.74 Å². The lowest BCUT2D eigenvalue weighted by molar-refractivity contribution is 0.293. The molecule has 0 aliphatic rings. The summed E-state index contributed by atoms with van der Waals surface area (Å²) in [7, 11) is -1.94. The third-order valence-electron chi connectivity index (χ3n) is 3.53. The van der Waals surface area contributed by atoms with E-state index in [9.17, 15) is 8.42 Å². The van der Waals surface area contributed by atoms with Crippen LogP contribution in [0, 0.1) is 0 Å². The average molecular weight is 389 g/mol. The molecule has 4 nitrogen and oxygen atoms in total. The van der Waals surface area contributed by atoms with Crippen LogP contribution in [-0.4, -0.2) is 28.4 Å². The number of halogens is 2. The van der Waals surface area contributed by atoms with E-state index in [2.05, 4.69) is 0 Å². The summed E-state index contributed by atoms with van der Waals surface area (Å²) >= 11 is 12.2. The van der Waals surface area contributed by atoms with E-state index in [-0.39, 0.29) is 12.5 Å². The Morgan fingerprint density at radius 2 is 1.75 bits per heavy atom. The molecule has 0 heterocycles. The fourth-order valence-electron chi connectivity index (χ4n) is 2.34. The first kappa shape index (κ1) is 19.1. The molecule has 0 N–H and O–H groups in total. The second-order valence-corrected chi connectivity index (χ2v) is 7.89. The highest BCUT2D eigenvalue weighted by atomic mass is 35.5. The standard InChI is InChI=1S/C17H18Cl2O4S/c1-22-15-6-3-12(4-7-15)9-13(11-23-24(2,20)21)16-8-5-14(18)10-17(16)19/h3-8,10,13H,9,11H2,1-2H3/t13-/m1/s1. The van der Waals surface area contributed by atoms with Gasteiger partial charge in [0.2, 0.25) is 0 Å². The van der Waals surface area contributed by atoms with Crippen LogP contribution in [0.5, 0.6) is 5.75 Å². The Hall–Kier alpha value is -1.27. The molecule has 0 saturated heterocycles. The van der Waals surface area contributed by atoms with Gasteiger partial charge in [-0.25, -0.2) is 0 Å². The van der Waals surface area contributed by atoms with Crippen LogP contribution in [0.1, 0.15) is 17.0 Å². The first-order valence-corrected chi connectivity index (χ1v) is 9.78. The average Bonchev–Trinajstić information content (AvgIpc) is 2.51. The van der Waals surface area contributed by atoms with Crippen molar-refractivity contribution in [3.63, 3.8) is 0 Å². The number of methoxy groups -OCH3 is 1. The lowest BCUT2D eigenvalue weighted by Gasteiger charge is -2.19. The molecule has 2 aromatic carbocycles. The Labute approximate surface area is 152 Å². The van der Waals surface area contributed by atoms with Gasteiger partial charge in [-0.05, 0) is 41.8 Å². The van der Waals surface area contributed by atoms with Crippen LogP contribution in [-0.2, 0) is 20.7 Å². The van der Waals surface area contributed by atoms with Crippen LogP contribution in [0.3, 0.4) is 0 Å².